The number of alkyl halides is 7. The molecule has 0 aliphatic heterocycles. The first-order chi connectivity index (χ1) is 13.8. The number of ether oxygens (including phenoxy) is 1. The summed E-state index contributed by atoms with van der Waals surface area (Å²) in [5, 5.41) is 0. The number of hydrogen-bond donors (Lipinski definition) is 1. The van der Waals surface area contributed by atoms with Crippen LogP contribution in [0.4, 0.5) is 30.7 Å². The van der Waals surface area contributed by atoms with Gasteiger partial charge in [0.1, 0.15) is 5.75 Å². The molecule has 2 rings (SSSR count). The number of hydrogen-bond acceptors (Lipinski definition) is 3. The molecule has 0 aliphatic rings. The van der Waals surface area contributed by atoms with Crippen molar-refractivity contribution in [2.45, 2.75) is 24.9 Å². The van der Waals surface area contributed by atoms with Crippen molar-refractivity contribution in [1.29, 1.82) is 0 Å². The van der Waals surface area contributed by atoms with Crippen LogP contribution < -0.4 is 14.8 Å². The van der Waals surface area contributed by atoms with Crippen molar-refractivity contribution < 1.29 is 44.9 Å². The molecule has 0 saturated heterocycles. The predicted octanol–water partition coefficient (Wildman–Crippen LogP) is 3.75. The summed E-state index contributed by atoms with van der Waals surface area (Å²) in [6, 6.07) is 4.95. The Kier molecular flexibility index (Phi) is 6.68. The third-order valence-electron chi connectivity index (χ3n) is 3.69. The molecule has 162 valence electrons. The minimum absolute atomic E-state index is 0.186. The highest BCUT2D eigenvalue weighted by Crippen LogP contribution is 2.46. The topological polar surface area (TPSA) is 55.1 Å². The molecule has 1 amide bonds. The maximum atomic E-state index is 13.3. The third kappa shape index (κ3) is 5.45. The summed E-state index contributed by atoms with van der Waals surface area (Å²) >= 11 is 0. The number of benzene rings is 1. The van der Waals surface area contributed by atoms with Crippen LogP contribution in [-0.2, 0) is 4.79 Å². The molecule has 0 bridgehead atoms. The molecule has 0 saturated carbocycles. The van der Waals surface area contributed by atoms with Gasteiger partial charge >= 0.3 is 23.9 Å². The van der Waals surface area contributed by atoms with E-state index in [-0.39, 0.29) is 16.9 Å². The molecular formula is C18H15F7N3O2+. The van der Waals surface area contributed by atoms with Crippen LogP contribution in [0.3, 0.4) is 0 Å². The van der Waals surface area contributed by atoms with Crippen molar-refractivity contribution in [2.75, 3.05) is 12.0 Å². The minimum atomic E-state index is -6.43. The van der Waals surface area contributed by atoms with E-state index in [1.165, 1.54) is 54.6 Å². The van der Waals surface area contributed by atoms with Gasteiger partial charge in [-0.15, -0.1) is 5.43 Å². The number of rotatable bonds is 7. The zero-order valence-electron chi connectivity index (χ0n) is 15.3. The first-order valence-corrected chi connectivity index (χ1v) is 8.20. The predicted molar refractivity (Wildman–Crippen MR) is 90.3 cm³/mol. The summed E-state index contributed by atoms with van der Waals surface area (Å²) in [6.45, 7) is -0.743. The highest BCUT2D eigenvalue weighted by Gasteiger charge is 2.73. The van der Waals surface area contributed by atoms with Crippen molar-refractivity contribution in [3.8, 4) is 5.75 Å². The number of aromatic nitrogens is 2. The van der Waals surface area contributed by atoms with Gasteiger partial charge in [0.2, 0.25) is 12.4 Å². The van der Waals surface area contributed by atoms with E-state index in [4.69, 9.17) is 0 Å². The average molecular weight is 438 g/mol. The molecule has 30 heavy (non-hydrogen) atoms. The number of nitrogens with zero attached hydrogens (tertiary/aromatic N) is 2. The van der Waals surface area contributed by atoms with Gasteiger partial charge in [0, 0.05) is 5.57 Å². The lowest BCUT2D eigenvalue weighted by Gasteiger charge is -2.27. The Hall–Kier alpha value is -3.18. The summed E-state index contributed by atoms with van der Waals surface area (Å²) in [6.07, 6.45) is 0.706. The van der Waals surface area contributed by atoms with Gasteiger partial charge in [-0.3, -0.25) is 9.78 Å². The zero-order chi connectivity index (χ0) is 22.6. The van der Waals surface area contributed by atoms with Crippen LogP contribution in [0.5, 0.6) is 5.75 Å². The normalized spacial score (nSPS) is 13.1. The third-order valence-corrected chi connectivity index (χ3v) is 3.69. The number of carbonyl (C=O) groups excluding carboxylic acids is 1. The summed E-state index contributed by atoms with van der Waals surface area (Å²) < 4.78 is 94.8. The highest BCUT2D eigenvalue weighted by atomic mass is 19.4. The van der Waals surface area contributed by atoms with E-state index in [1.807, 2.05) is 0 Å². The second kappa shape index (κ2) is 8.67. The number of amides is 1. The lowest BCUT2D eigenvalue weighted by molar-refractivity contribution is -0.642. The molecule has 0 radical (unpaired) electrons. The summed E-state index contributed by atoms with van der Waals surface area (Å²) in [5.41, 5.74) is 2.96. The van der Waals surface area contributed by atoms with Crippen LogP contribution in [-0.4, -0.2) is 35.5 Å². The lowest BCUT2D eigenvalue weighted by Crippen LogP contribution is -2.54. The van der Waals surface area contributed by atoms with Crippen LogP contribution >= 0.6 is 0 Å². The lowest BCUT2D eigenvalue weighted by atomic mass is 10.1. The Balaban J connectivity index is 2.09. The molecule has 2 aromatic rings. The molecule has 0 atom stereocenters. The maximum absolute atomic E-state index is 13.3. The summed E-state index contributed by atoms with van der Waals surface area (Å²) in [7, 11) is 0. The Bertz CT molecular complexity index is 915. The first-order valence-electron chi connectivity index (χ1n) is 8.20. The Morgan fingerprint density at radius 2 is 1.77 bits per heavy atom. The molecule has 1 aromatic heterocycles. The quantitative estimate of drug-likeness (QED) is 0.407. The fourth-order valence-electron chi connectivity index (χ4n) is 2.08. The molecule has 1 heterocycles. The van der Waals surface area contributed by atoms with Gasteiger partial charge in [-0.2, -0.15) is 30.7 Å². The van der Waals surface area contributed by atoms with Gasteiger partial charge < -0.3 is 4.74 Å². The van der Waals surface area contributed by atoms with Crippen LogP contribution in [0.25, 0.3) is 6.08 Å². The standard InChI is InChI=1S/C18H14F7N3O2/c1-12(15(29)27-28-7-5-26-6-8-28)9-13-3-2-4-14(10-13)30-11-16(19,20)17(21,22)18(23,24)25/h2-10H,11H2,1H3/p+1/b12-9+. The molecule has 12 heteroatoms. The molecule has 0 unspecified atom stereocenters. The Morgan fingerprint density at radius 1 is 1.13 bits per heavy atom. The van der Waals surface area contributed by atoms with Crippen molar-refractivity contribution in [1.82, 2.24) is 4.98 Å². The van der Waals surface area contributed by atoms with Gasteiger partial charge in [0.05, 0.1) is 12.4 Å². The van der Waals surface area contributed by atoms with E-state index in [1.54, 1.807) is 0 Å². The van der Waals surface area contributed by atoms with E-state index in [0.29, 0.717) is 0 Å². The van der Waals surface area contributed by atoms with Crippen molar-refractivity contribution in [3.05, 3.63) is 60.2 Å². The molecule has 1 aromatic carbocycles. The van der Waals surface area contributed by atoms with Gasteiger partial charge in [-0.1, -0.05) is 16.8 Å². The van der Waals surface area contributed by atoms with Gasteiger partial charge in [-0.05, 0) is 30.7 Å². The van der Waals surface area contributed by atoms with Gasteiger partial charge in [-0.25, -0.2) is 0 Å². The average Bonchev–Trinajstić information content (AvgIpc) is 2.66. The molecule has 5 nitrogen and oxygen atoms in total. The maximum Gasteiger partial charge on any atom is 0.460 e. The number of nitrogens with one attached hydrogen (secondary N) is 1. The minimum Gasteiger partial charge on any atom is -0.487 e. The van der Waals surface area contributed by atoms with Gasteiger partial charge in [0.15, 0.2) is 6.61 Å². The summed E-state index contributed by atoms with van der Waals surface area (Å²) in [5.74, 6) is -12.6. The van der Waals surface area contributed by atoms with Crippen LogP contribution in [0.15, 0.2) is 54.6 Å². The zero-order valence-corrected chi connectivity index (χ0v) is 15.3. The first kappa shape index (κ1) is 23.1. The molecule has 0 aliphatic carbocycles. The SMILES string of the molecule is C/C(=C\c1cccc(OCC(F)(F)C(F)(F)C(F)(F)F)c1)C(=O)N[n+]1ccncc1. The molecule has 1 N–H and O–H groups in total. The van der Waals surface area contributed by atoms with Crippen LogP contribution in [0, 0.1) is 0 Å². The fraction of sp³-hybridized carbons (Fsp3) is 0.278. The van der Waals surface area contributed by atoms with E-state index in [2.05, 4.69) is 15.1 Å². The highest BCUT2D eigenvalue weighted by molar-refractivity contribution is 6.01. The largest absolute Gasteiger partial charge is 0.487 e. The second-order valence-electron chi connectivity index (χ2n) is 6.06. The molecule has 0 fully saturated rings. The second-order valence-corrected chi connectivity index (χ2v) is 6.06. The van der Waals surface area contributed by atoms with E-state index < -0.39 is 30.5 Å². The van der Waals surface area contributed by atoms with E-state index in [9.17, 15) is 35.5 Å². The summed E-state index contributed by atoms with van der Waals surface area (Å²) in [4.78, 5) is 15.9. The van der Waals surface area contributed by atoms with E-state index in [0.717, 1.165) is 12.1 Å². The van der Waals surface area contributed by atoms with Crippen LogP contribution in [0.2, 0.25) is 0 Å². The molecular weight excluding hydrogens is 423 g/mol. The molecule has 0 spiro atoms. The van der Waals surface area contributed by atoms with Crippen molar-refractivity contribution in [2.24, 2.45) is 0 Å². The number of carbonyl (C=O) groups is 1. The van der Waals surface area contributed by atoms with E-state index >= 15 is 0 Å². The van der Waals surface area contributed by atoms with Crippen molar-refractivity contribution in [3.63, 3.8) is 0 Å². The van der Waals surface area contributed by atoms with Crippen LogP contribution in [0.1, 0.15) is 12.5 Å². The number of halogens is 7. The monoisotopic (exact) mass is 438 g/mol. The van der Waals surface area contributed by atoms with Crippen molar-refractivity contribution >= 4 is 12.0 Å². The fourth-order valence-corrected chi connectivity index (χ4v) is 2.08. The Labute approximate surface area is 165 Å². The smallest absolute Gasteiger partial charge is 0.460 e. The van der Waals surface area contributed by atoms with Gasteiger partial charge in [0.25, 0.3) is 0 Å². The Morgan fingerprint density at radius 3 is 2.37 bits per heavy atom.